The minimum Gasteiger partial charge on any atom is -0.379 e. The van der Waals surface area contributed by atoms with Crippen LogP contribution in [0.2, 0.25) is 0 Å². The van der Waals surface area contributed by atoms with E-state index < -0.39 is 17.6 Å². The van der Waals surface area contributed by atoms with Gasteiger partial charge < -0.3 is 19.1 Å². The van der Waals surface area contributed by atoms with Gasteiger partial charge in [-0.3, -0.25) is 9.69 Å². The molecule has 1 aromatic heterocycles. The number of aromatic nitrogens is 3. The Hall–Kier alpha value is -3.28. The molecule has 4 heterocycles. The minimum atomic E-state index is -4.57. The molecule has 3 aliphatic heterocycles. The first-order chi connectivity index (χ1) is 19.9. The zero-order chi connectivity index (χ0) is 29.8. The van der Waals surface area contributed by atoms with E-state index >= 15 is 0 Å². The summed E-state index contributed by atoms with van der Waals surface area (Å²) in [4.78, 5) is 19.8. The predicted molar refractivity (Wildman–Crippen MR) is 152 cm³/mol. The molecule has 0 unspecified atom stereocenters. The van der Waals surface area contributed by atoms with Crippen LogP contribution in [0.1, 0.15) is 52.3 Å². The molecule has 1 atom stereocenters. The van der Waals surface area contributed by atoms with Crippen molar-refractivity contribution < 1.29 is 22.7 Å². The molecule has 0 aliphatic carbocycles. The lowest BCUT2D eigenvalue weighted by atomic mass is 9.75. The highest BCUT2D eigenvalue weighted by Gasteiger charge is 2.44. The number of carbonyl (C=O) groups is 1. The van der Waals surface area contributed by atoms with Crippen LogP contribution in [0.3, 0.4) is 0 Å². The number of amides is 1. The van der Waals surface area contributed by atoms with Gasteiger partial charge >= 0.3 is 6.18 Å². The highest BCUT2D eigenvalue weighted by molar-refractivity contribution is 6.10. The second kappa shape index (κ2) is 10.8. The zero-order valence-corrected chi connectivity index (χ0v) is 24.5. The molecular formula is C31H37F3N6O2. The molecule has 0 spiro atoms. The highest BCUT2D eigenvalue weighted by Crippen LogP contribution is 2.42. The maximum absolute atomic E-state index is 14.4. The largest absolute Gasteiger partial charge is 0.416 e. The van der Waals surface area contributed by atoms with Crippen molar-refractivity contribution in [1.29, 1.82) is 0 Å². The SMILES string of the molecule is CC(C)[C@H]1CN(C)CCN1Cc1cc2c(c(C(F)(F)F)c1)CN(c1cccc(C3(Cc4nncn4C)COC3)c1)C2=O. The van der Waals surface area contributed by atoms with E-state index in [4.69, 9.17) is 4.74 Å². The molecular weight excluding hydrogens is 545 g/mol. The lowest BCUT2D eigenvalue weighted by molar-refractivity contribution is -0.138. The number of hydrogen-bond acceptors (Lipinski definition) is 6. The van der Waals surface area contributed by atoms with Crippen LogP contribution in [0, 0.1) is 5.92 Å². The molecule has 8 nitrogen and oxygen atoms in total. The van der Waals surface area contributed by atoms with Crippen LogP contribution in [0.5, 0.6) is 0 Å². The summed E-state index contributed by atoms with van der Waals surface area (Å²) in [6.07, 6.45) is -2.31. The Morgan fingerprint density at radius 2 is 1.90 bits per heavy atom. The monoisotopic (exact) mass is 582 g/mol. The highest BCUT2D eigenvalue weighted by atomic mass is 19.4. The van der Waals surface area contributed by atoms with Gasteiger partial charge in [0.2, 0.25) is 0 Å². The number of nitrogens with zero attached hydrogens (tertiary/aromatic N) is 6. The standard InChI is InChI=1S/C31H37F3N6O2/c1-20(2)27-16-37(3)8-9-39(27)14-21-10-24-25(26(11-21)31(32,33)34)15-40(29(24)41)23-7-5-6-22(12-23)30(17-42-18-30)13-28-36-35-19-38(28)4/h5-7,10-12,19-20,27H,8-9,13-18H2,1-4H3/t27-/m1/s1. The Kier molecular flexibility index (Phi) is 7.39. The van der Waals surface area contributed by atoms with Gasteiger partial charge in [0.15, 0.2) is 0 Å². The Balaban J connectivity index is 1.31. The number of likely N-dealkylation sites (N-methyl/N-ethyl adjacent to an activating group) is 1. The molecule has 1 amide bonds. The quantitative estimate of drug-likeness (QED) is 0.415. The first-order valence-corrected chi connectivity index (χ1v) is 14.4. The maximum atomic E-state index is 14.4. The van der Waals surface area contributed by atoms with Gasteiger partial charge in [0.1, 0.15) is 12.2 Å². The maximum Gasteiger partial charge on any atom is 0.416 e. The number of rotatable bonds is 7. The fraction of sp³-hybridized carbons (Fsp3) is 0.516. The zero-order valence-electron chi connectivity index (χ0n) is 24.5. The van der Waals surface area contributed by atoms with Crippen LogP contribution in [0.4, 0.5) is 18.9 Å². The summed E-state index contributed by atoms with van der Waals surface area (Å²) < 4.78 is 50.7. The van der Waals surface area contributed by atoms with E-state index in [1.807, 2.05) is 29.8 Å². The number of benzene rings is 2. The number of fused-ring (bicyclic) bond motifs is 1. The van der Waals surface area contributed by atoms with Crippen LogP contribution < -0.4 is 4.90 Å². The smallest absolute Gasteiger partial charge is 0.379 e. The van der Waals surface area contributed by atoms with E-state index in [1.54, 1.807) is 18.5 Å². The molecule has 2 aromatic carbocycles. The van der Waals surface area contributed by atoms with E-state index in [1.165, 1.54) is 11.0 Å². The van der Waals surface area contributed by atoms with Gasteiger partial charge in [0.25, 0.3) is 5.91 Å². The van der Waals surface area contributed by atoms with Gasteiger partial charge in [-0.15, -0.1) is 10.2 Å². The first kappa shape index (κ1) is 28.8. The molecule has 2 fully saturated rings. The van der Waals surface area contributed by atoms with E-state index in [2.05, 4.69) is 40.9 Å². The first-order valence-electron chi connectivity index (χ1n) is 14.4. The Labute approximate surface area is 244 Å². The molecule has 2 saturated heterocycles. The van der Waals surface area contributed by atoms with Crippen molar-refractivity contribution in [1.82, 2.24) is 24.6 Å². The van der Waals surface area contributed by atoms with Crippen molar-refractivity contribution in [3.8, 4) is 0 Å². The van der Waals surface area contributed by atoms with E-state index in [9.17, 15) is 18.0 Å². The van der Waals surface area contributed by atoms with Gasteiger partial charge in [-0.05, 0) is 53.9 Å². The topological polar surface area (TPSA) is 66.7 Å². The summed E-state index contributed by atoms with van der Waals surface area (Å²) in [5.74, 6) is 0.767. The van der Waals surface area contributed by atoms with Crippen LogP contribution in [0.15, 0.2) is 42.7 Å². The van der Waals surface area contributed by atoms with E-state index in [-0.39, 0.29) is 29.1 Å². The lowest BCUT2D eigenvalue weighted by Crippen LogP contribution is -2.53. The average molecular weight is 583 g/mol. The number of hydrogen-bond donors (Lipinski definition) is 0. The van der Waals surface area contributed by atoms with Gasteiger partial charge in [-0.25, -0.2) is 0 Å². The second-order valence-corrected chi connectivity index (χ2v) is 12.5. The Morgan fingerprint density at radius 1 is 1.12 bits per heavy atom. The van der Waals surface area contributed by atoms with E-state index in [0.717, 1.165) is 31.0 Å². The summed E-state index contributed by atoms with van der Waals surface area (Å²) in [5, 5.41) is 8.21. The minimum absolute atomic E-state index is 0.0428. The molecule has 0 bridgehead atoms. The molecule has 0 N–H and O–H groups in total. The van der Waals surface area contributed by atoms with E-state index in [0.29, 0.717) is 43.3 Å². The van der Waals surface area contributed by atoms with Gasteiger partial charge in [0.05, 0.1) is 25.3 Å². The number of piperazine rings is 1. The number of ether oxygens (including phenoxy) is 1. The summed E-state index contributed by atoms with van der Waals surface area (Å²) >= 11 is 0. The number of alkyl halides is 3. The third-order valence-corrected chi connectivity index (χ3v) is 9.13. The summed E-state index contributed by atoms with van der Waals surface area (Å²) in [7, 11) is 3.96. The lowest BCUT2D eigenvalue weighted by Gasteiger charge is -2.42. The van der Waals surface area contributed by atoms with Gasteiger partial charge in [-0.1, -0.05) is 26.0 Å². The Bertz CT molecular complexity index is 1480. The fourth-order valence-corrected chi connectivity index (χ4v) is 6.57. The molecule has 6 rings (SSSR count). The van der Waals surface area contributed by atoms with Crippen molar-refractivity contribution in [2.75, 3.05) is 44.8 Å². The summed E-state index contributed by atoms with van der Waals surface area (Å²) in [5.41, 5.74) is 1.18. The molecule has 0 saturated carbocycles. The van der Waals surface area contributed by atoms with Crippen molar-refractivity contribution in [2.24, 2.45) is 13.0 Å². The van der Waals surface area contributed by atoms with Crippen LogP contribution in [-0.4, -0.2) is 76.4 Å². The van der Waals surface area contributed by atoms with Crippen molar-refractivity contribution in [3.63, 3.8) is 0 Å². The van der Waals surface area contributed by atoms with Crippen molar-refractivity contribution >= 4 is 11.6 Å². The number of anilines is 1. The van der Waals surface area contributed by atoms with Crippen molar-refractivity contribution in [3.05, 3.63) is 76.4 Å². The summed E-state index contributed by atoms with van der Waals surface area (Å²) in [6.45, 7) is 8.00. The fourth-order valence-electron chi connectivity index (χ4n) is 6.57. The number of carbonyl (C=O) groups excluding carboxylic acids is 1. The molecule has 3 aromatic rings. The second-order valence-electron chi connectivity index (χ2n) is 12.5. The number of halogens is 3. The van der Waals surface area contributed by atoms with Crippen LogP contribution >= 0.6 is 0 Å². The Morgan fingerprint density at radius 3 is 2.55 bits per heavy atom. The third-order valence-electron chi connectivity index (χ3n) is 9.13. The van der Waals surface area contributed by atoms with Crippen molar-refractivity contribution in [2.45, 2.75) is 51.0 Å². The molecule has 42 heavy (non-hydrogen) atoms. The molecule has 11 heteroatoms. The number of aryl methyl sites for hydroxylation is 1. The van der Waals surface area contributed by atoms with Gasteiger partial charge in [0, 0.05) is 62.4 Å². The summed E-state index contributed by atoms with van der Waals surface area (Å²) in [6, 6.07) is 10.7. The van der Waals surface area contributed by atoms with Gasteiger partial charge in [-0.2, -0.15) is 13.2 Å². The molecule has 0 radical (unpaired) electrons. The average Bonchev–Trinajstić information content (AvgIpc) is 3.48. The molecule has 224 valence electrons. The van der Waals surface area contributed by atoms with Crippen LogP contribution in [-0.2, 0) is 42.9 Å². The van der Waals surface area contributed by atoms with Crippen LogP contribution in [0.25, 0.3) is 0 Å². The normalized spacial score (nSPS) is 21.2. The molecule has 3 aliphatic rings. The third kappa shape index (κ3) is 5.22. The predicted octanol–water partition coefficient (Wildman–Crippen LogP) is 4.28.